The van der Waals surface area contributed by atoms with E-state index in [1.165, 1.54) is 0 Å². The van der Waals surface area contributed by atoms with Gasteiger partial charge in [0.25, 0.3) is 0 Å². The highest BCUT2D eigenvalue weighted by Gasteiger charge is 2.42. The molecule has 1 heterocycles. The van der Waals surface area contributed by atoms with Gasteiger partial charge in [0.1, 0.15) is 12.7 Å². The molecule has 0 amide bonds. The van der Waals surface area contributed by atoms with Crippen molar-refractivity contribution in [3.8, 4) is 12.3 Å². The molecule has 3 heteroatoms. The maximum Gasteiger partial charge on any atom is 0.192 e. The third kappa shape index (κ3) is 2.86. The van der Waals surface area contributed by atoms with Crippen molar-refractivity contribution in [2.75, 3.05) is 6.61 Å². The molecule has 90 valence electrons. The highest BCUT2D eigenvalue weighted by atomic mass is 16.8. The Bertz CT molecular complexity index is 405. The predicted octanol–water partition coefficient (Wildman–Crippen LogP) is 2.49. The lowest BCUT2D eigenvalue weighted by Gasteiger charge is -2.16. The Morgan fingerprint density at radius 1 is 1.29 bits per heavy atom. The van der Waals surface area contributed by atoms with E-state index in [1.54, 1.807) is 0 Å². The van der Waals surface area contributed by atoms with Crippen molar-refractivity contribution in [3.05, 3.63) is 35.9 Å². The molecular weight excluding hydrogens is 216 g/mol. The zero-order valence-corrected chi connectivity index (χ0v) is 10.1. The minimum Gasteiger partial charge on any atom is -0.337 e. The number of hydrogen-bond acceptors (Lipinski definition) is 3. The Morgan fingerprint density at radius 3 is 2.65 bits per heavy atom. The number of hydrogen-bond donors (Lipinski definition) is 0. The zero-order chi connectivity index (χ0) is 12.3. The molecule has 1 aromatic carbocycles. The van der Waals surface area contributed by atoms with Gasteiger partial charge in [-0.05, 0) is 19.4 Å². The van der Waals surface area contributed by atoms with Crippen LogP contribution in [-0.2, 0) is 14.2 Å². The lowest BCUT2D eigenvalue weighted by atomic mass is 10.1. The Kier molecular flexibility index (Phi) is 3.49. The molecule has 1 aliphatic rings. The van der Waals surface area contributed by atoms with Crippen LogP contribution in [0.1, 0.15) is 25.5 Å². The van der Waals surface area contributed by atoms with Gasteiger partial charge in [0.2, 0.25) is 0 Å². The third-order valence-electron chi connectivity index (χ3n) is 2.52. The van der Waals surface area contributed by atoms with Crippen LogP contribution in [0.2, 0.25) is 0 Å². The largest absolute Gasteiger partial charge is 0.337 e. The second-order valence-corrected chi connectivity index (χ2v) is 4.35. The molecule has 2 rings (SSSR count). The minimum atomic E-state index is -0.653. The summed E-state index contributed by atoms with van der Waals surface area (Å²) in [6.45, 7) is 3.94. The van der Waals surface area contributed by atoms with Crippen LogP contribution in [0.3, 0.4) is 0 Å². The first-order valence-corrected chi connectivity index (χ1v) is 5.58. The van der Waals surface area contributed by atoms with E-state index in [-0.39, 0.29) is 12.7 Å². The van der Waals surface area contributed by atoms with Gasteiger partial charge in [-0.2, -0.15) is 0 Å². The molecule has 0 aromatic heterocycles. The van der Waals surface area contributed by atoms with Crippen molar-refractivity contribution < 1.29 is 14.2 Å². The van der Waals surface area contributed by atoms with Crippen LogP contribution in [-0.4, -0.2) is 18.7 Å². The van der Waals surface area contributed by atoms with Gasteiger partial charge in [-0.3, -0.25) is 0 Å². The fourth-order valence-electron chi connectivity index (χ4n) is 1.85. The monoisotopic (exact) mass is 232 g/mol. The molecule has 1 saturated heterocycles. The van der Waals surface area contributed by atoms with Crippen molar-refractivity contribution >= 4 is 0 Å². The molecule has 0 bridgehead atoms. The van der Waals surface area contributed by atoms with E-state index in [0.29, 0.717) is 0 Å². The molecule has 17 heavy (non-hydrogen) atoms. The maximum absolute atomic E-state index is 5.83. The first-order valence-electron chi connectivity index (χ1n) is 5.58. The first kappa shape index (κ1) is 12.1. The number of rotatable bonds is 3. The van der Waals surface area contributed by atoms with E-state index < -0.39 is 12.1 Å². The van der Waals surface area contributed by atoms with Crippen LogP contribution < -0.4 is 0 Å². The fourth-order valence-corrected chi connectivity index (χ4v) is 1.85. The molecule has 0 radical (unpaired) electrons. The predicted molar refractivity (Wildman–Crippen MR) is 64.0 cm³/mol. The van der Waals surface area contributed by atoms with Gasteiger partial charge in [0.05, 0.1) is 0 Å². The second kappa shape index (κ2) is 4.89. The van der Waals surface area contributed by atoms with Crippen molar-refractivity contribution in [1.29, 1.82) is 0 Å². The fraction of sp³-hybridized carbons (Fsp3) is 0.429. The van der Waals surface area contributed by atoms with Crippen LogP contribution in [0, 0.1) is 12.3 Å². The normalized spacial score (nSPS) is 26.6. The summed E-state index contributed by atoms with van der Waals surface area (Å²) in [5.74, 6) is 1.78. The number of ether oxygens (including phenoxy) is 3. The summed E-state index contributed by atoms with van der Waals surface area (Å²) in [6.07, 6.45) is 4.50. The summed E-state index contributed by atoms with van der Waals surface area (Å²) in [4.78, 5) is 0. The molecule has 2 atom stereocenters. The van der Waals surface area contributed by atoms with Crippen LogP contribution in [0.5, 0.6) is 0 Å². The van der Waals surface area contributed by atoms with Gasteiger partial charge < -0.3 is 14.2 Å². The van der Waals surface area contributed by atoms with E-state index >= 15 is 0 Å². The van der Waals surface area contributed by atoms with Gasteiger partial charge in [0.15, 0.2) is 12.1 Å². The Labute approximate surface area is 102 Å². The van der Waals surface area contributed by atoms with Gasteiger partial charge >= 0.3 is 0 Å². The van der Waals surface area contributed by atoms with Gasteiger partial charge in [-0.25, -0.2) is 0 Å². The lowest BCUT2D eigenvalue weighted by molar-refractivity contribution is -0.186. The average molecular weight is 232 g/mol. The number of benzene rings is 1. The molecule has 0 spiro atoms. The first-order chi connectivity index (χ1) is 8.12. The minimum absolute atomic E-state index is 0.216. The van der Waals surface area contributed by atoms with Crippen molar-refractivity contribution in [2.24, 2.45) is 0 Å². The highest BCUT2D eigenvalue weighted by Crippen LogP contribution is 2.38. The van der Waals surface area contributed by atoms with Crippen LogP contribution in [0.4, 0.5) is 0 Å². The third-order valence-corrected chi connectivity index (χ3v) is 2.52. The average Bonchev–Trinajstić information content (AvgIpc) is 2.63. The number of terminal acetylenes is 1. The highest BCUT2D eigenvalue weighted by molar-refractivity contribution is 5.19. The van der Waals surface area contributed by atoms with Crippen molar-refractivity contribution in [1.82, 2.24) is 0 Å². The van der Waals surface area contributed by atoms with E-state index in [4.69, 9.17) is 20.6 Å². The molecule has 0 aliphatic carbocycles. The molecule has 0 N–H and O–H groups in total. The van der Waals surface area contributed by atoms with E-state index in [1.807, 2.05) is 44.2 Å². The van der Waals surface area contributed by atoms with Crippen LogP contribution in [0.25, 0.3) is 0 Å². The molecule has 2 unspecified atom stereocenters. The molecule has 3 nitrogen and oxygen atoms in total. The van der Waals surface area contributed by atoms with Crippen molar-refractivity contribution in [2.45, 2.75) is 32.0 Å². The smallest absolute Gasteiger partial charge is 0.192 e. The SMILES string of the molecule is C#CCOC1OC(C)(C)OC1c1ccccc1. The summed E-state index contributed by atoms with van der Waals surface area (Å²) in [6, 6.07) is 9.86. The standard InChI is InChI=1S/C14H16O3/c1-4-10-15-13-12(16-14(2,3)17-13)11-8-6-5-7-9-11/h1,5-9,12-13H,10H2,2-3H3. The molecule has 1 fully saturated rings. The summed E-state index contributed by atoms with van der Waals surface area (Å²) >= 11 is 0. The van der Waals surface area contributed by atoms with Gasteiger partial charge in [-0.1, -0.05) is 36.3 Å². The Balaban J connectivity index is 2.16. The Hall–Kier alpha value is -1.34. The molecule has 1 aliphatic heterocycles. The lowest BCUT2D eigenvalue weighted by Crippen LogP contribution is -2.23. The van der Waals surface area contributed by atoms with Crippen LogP contribution >= 0.6 is 0 Å². The summed E-state index contributed by atoms with van der Waals surface area (Å²) in [7, 11) is 0. The van der Waals surface area contributed by atoms with E-state index in [9.17, 15) is 0 Å². The molecule has 0 saturated carbocycles. The quantitative estimate of drug-likeness (QED) is 0.749. The second-order valence-electron chi connectivity index (χ2n) is 4.35. The summed E-state index contributed by atoms with van der Waals surface area (Å²) in [5, 5.41) is 0. The maximum atomic E-state index is 5.83. The van der Waals surface area contributed by atoms with Gasteiger partial charge in [0, 0.05) is 0 Å². The van der Waals surface area contributed by atoms with Crippen molar-refractivity contribution in [3.63, 3.8) is 0 Å². The topological polar surface area (TPSA) is 27.7 Å². The molecular formula is C14H16O3. The van der Waals surface area contributed by atoms with Gasteiger partial charge in [-0.15, -0.1) is 6.42 Å². The van der Waals surface area contributed by atoms with E-state index in [0.717, 1.165) is 5.56 Å². The summed E-state index contributed by atoms with van der Waals surface area (Å²) < 4.78 is 17.0. The Morgan fingerprint density at radius 2 is 2.00 bits per heavy atom. The molecule has 1 aromatic rings. The van der Waals surface area contributed by atoms with E-state index in [2.05, 4.69) is 5.92 Å². The zero-order valence-electron chi connectivity index (χ0n) is 10.1. The van der Waals surface area contributed by atoms with Crippen LogP contribution in [0.15, 0.2) is 30.3 Å². The summed E-state index contributed by atoms with van der Waals surface area (Å²) in [5.41, 5.74) is 1.03.